The zero-order valence-electron chi connectivity index (χ0n) is 15.1. The minimum absolute atomic E-state index is 0.0853. The molecule has 0 amide bonds. The minimum Gasteiger partial charge on any atom is -0.393 e. The number of anilines is 1. The van der Waals surface area contributed by atoms with E-state index in [4.69, 9.17) is 0 Å². The molecule has 1 saturated heterocycles. The summed E-state index contributed by atoms with van der Waals surface area (Å²) in [6, 6.07) is 4.71. The first-order valence-corrected chi connectivity index (χ1v) is 9.80. The molecular weight excluding hydrogens is 298 g/mol. The zero-order valence-corrected chi connectivity index (χ0v) is 15.1. The molecule has 0 spiro atoms. The summed E-state index contributed by atoms with van der Waals surface area (Å²) < 4.78 is 0. The summed E-state index contributed by atoms with van der Waals surface area (Å²) in [5.41, 5.74) is 1.20. The molecule has 3 rings (SSSR count). The molecule has 2 N–H and O–H groups in total. The van der Waals surface area contributed by atoms with E-state index in [0.717, 1.165) is 44.7 Å². The topological polar surface area (TPSA) is 48.4 Å². The molecule has 0 bridgehead atoms. The van der Waals surface area contributed by atoms with Crippen LogP contribution in [0.2, 0.25) is 0 Å². The highest BCUT2D eigenvalue weighted by Crippen LogP contribution is 2.28. The maximum Gasteiger partial charge on any atom is 0.126 e. The van der Waals surface area contributed by atoms with E-state index in [9.17, 15) is 5.11 Å². The third-order valence-electron chi connectivity index (χ3n) is 5.79. The number of aromatic nitrogens is 1. The zero-order chi connectivity index (χ0) is 16.8. The molecule has 134 valence electrons. The lowest BCUT2D eigenvalue weighted by atomic mass is 9.84. The van der Waals surface area contributed by atoms with Gasteiger partial charge in [-0.05, 0) is 56.6 Å². The second-order valence-electron chi connectivity index (χ2n) is 7.74. The molecule has 4 nitrogen and oxygen atoms in total. The Balaban J connectivity index is 1.35. The number of rotatable bonds is 6. The Morgan fingerprint density at radius 3 is 2.58 bits per heavy atom. The Kier molecular flexibility index (Phi) is 6.50. The van der Waals surface area contributed by atoms with Crippen LogP contribution in [-0.4, -0.2) is 46.8 Å². The van der Waals surface area contributed by atoms with Crippen molar-refractivity contribution in [2.45, 2.75) is 70.4 Å². The molecule has 1 saturated carbocycles. The molecule has 2 aliphatic rings. The van der Waals surface area contributed by atoms with Gasteiger partial charge in [0.25, 0.3) is 0 Å². The molecule has 2 fully saturated rings. The molecular formula is C20H33N3O. The fraction of sp³-hybridized carbons (Fsp3) is 0.750. The predicted octanol–water partition coefficient (Wildman–Crippen LogP) is 3.60. The number of aliphatic hydroxyl groups excluding tert-OH is 1. The van der Waals surface area contributed by atoms with Crippen LogP contribution in [0.5, 0.6) is 0 Å². The number of nitrogens with zero attached hydrogens (tertiary/aromatic N) is 2. The van der Waals surface area contributed by atoms with E-state index >= 15 is 0 Å². The van der Waals surface area contributed by atoms with Crippen molar-refractivity contribution in [3.05, 3.63) is 23.9 Å². The summed E-state index contributed by atoms with van der Waals surface area (Å²) in [6.07, 6.45) is 11.6. The summed E-state index contributed by atoms with van der Waals surface area (Å²) in [4.78, 5) is 6.97. The van der Waals surface area contributed by atoms with E-state index < -0.39 is 0 Å². The van der Waals surface area contributed by atoms with Crippen molar-refractivity contribution in [3.63, 3.8) is 0 Å². The van der Waals surface area contributed by atoms with Crippen LogP contribution in [0.15, 0.2) is 18.3 Å². The molecule has 24 heavy (non-hydrogen) atoms. The largest absolute Gasteiger partial charge is 0.393 e. The van der Waals surface area contributed by atoms with Crippen LogP contribution in [0.4, 0.5) is 5.82 Å². The van der Waals surface area contributed by atoms with E-state index in [1.165, 1.54) is 37.7 Å². The van der Waals surface area contributed by atoms with Gasteiger partial charge >= 0.3 is 0 Å². The quantitative estimate of drug-likeness (QED) is 0.836. The number of pyridine rings is 1. The van der Waals surface area contributed by atoms with Gasteiger partial charge in [0.1, 0.15) is 5.82 Å². The third kappa shape index (κ3) is 5.18. The van der Waals surface area contributed by atoms with Crippen molar-refractivity contribution in [3.8, 4) is 0 Å². The fourth-order valence-corrected chi connectivity index (χ4v) is 4.13. The maximum atomic E-state index is 10.4. The summed E-state index contributed by atoms with van der Waals surface area (Å²) >= 11 is 0. The van der Waals surface area contributed by atoms with Crippen molar-refractivity contribution < 1.29 is 5.11 Å². The lowest BCUT2D eigenvalue weighted by Gasteiger charge is -2.34. The van der Waals surface area contributed by atoms with Gasteiger partial charge in [0, 0.05) is 31.9 Å². The van der Waals surface area contributed by atoms with Crippen molar-refractivity contribution in [1.29, 1.82) is 0 Å². The van der Waals surface area contributed by atoms with Crippen LogP contribution in [0.25, 0.3) is 0 Å². The van der Waals surface area contributed by atoms with Crippen molar-refractivity contribution in [2.24, 2.45) is 5.92 Å². The van der Waals surface area contributed by atoms with Crippen LogP contribution >= 0.6 is 0 Å². The summed E-state index contributed by atoms with van der Waals surface area (Å²) in [7, 11) is 0. The number of hydrogen-bond donors (Lipinski definition) is 2. The third-order valence-corrected chi connectivity index (χ3v) is 5.79. The van der Waals surface area contributed by atoms with Crippen molar-refractivity contribution in [2.75, 3.05) is 25.0 Å². The van der Waals surface area contributed by atoms with Crippen LogP contribution < -0.4 is 5.32 Å². The van der Waals surface area contributed by atoms with Crippen molar-refractivity contribution >= 4 is 5.82 Å². The Labute approximate surface area is 146 Å². The first-order valence-electron chi connectivity index (χ1n) is 9.80. The molecule has 1 unspecified atom stereocenters. The van der Waals surface area contributed by atoms with Gasteiger partial charge in [0.05, 0.1) is 6.10 Å². The highest BCUT2D eigenvalue weighted by molar-refractivity contribution is 5.36. The van der Waals surface area contributed by atoms with Gasteiger partial charge in [-0.25, -0.2) is 4.98 Å². The van der Waals surface area contributed by atoms with E-state index in [1.807, 2.05) is 6.20 Å². The fourth-order valence-electron chi connectivity index (χ4n) is 4.13. The van der Waals surface area contributed by atoms with E-state index in [0.29, 0.717) is 12.0 Å². The SMILES string of the molecule is Cc1ccc(NC2CCN(CCC(O)C3CCCCC3)CC2)nc1. The van der Waals surface area contributed by atoms with Gasteiger partial charge in [-0.3, -0.25) is 0 Å². The van der Waals surface area contributed by atoms with E-state index in [1.54, 1.807) is 0 Å². The molecule has 1 aliphatic carbocycles. The van der Waals surface area contributed by atoms with Crippen LogP contribution in [0.1, 0.15) is 56.9 Å². The first kappa shape index (κ1) is 17.7. The summed E-state index contributed by atoms with van der Waals surface area (Å²) in [6.45, 7) is 5.37. The van der Waals surface area contributed by atoms with Crippen LogP contribution in [0, 0.1) is 12.8 Å². The number of nitrogens with one attached hydrogen (secondary N) is 1. The van der Waals surface area contributed by atoms with E-state index in [2.05, 4.69) is 34.3 Å². The van der Waals surface area contributed by atoms with Gasteiger partial charge in [-0.1, -0.05) is 25.3 Å². The Hall–Kier alpha value is -1.13. The van der Waals surface area contributed by atoms with Gasteiger partial charge in [-0.2, -0.15) is 0 Å². The first-order chi connectivity index (χ1) is 11.7. The number of piperidine rings is 1. The summed E-state index contributed by atoms with van der Waals surface area (Å²) in [5, 5.41) is 14.0. The Bertz CT molecular complexity index is 476. The lowest BCUT2D eigenvalue weighted by molar-refractivity contribution is 0.0631. The number of aliphatic hydroxyl groups is 1. The Morgan fingerprint density at radius 1 is 1.17 bits per heavy atom. The predicted molar refractivity (Wildman–Crippen MR) is 99.3 cm³/mol. The molecule has 2 heterocycles. The number of hydrogen-bond acceptors (Lipinski definition) is 4. The van der Waals surface area contributed by atoms with Gasteiger partial charge in [0.2, 0.25) is 0 Å². The minimum atomic E-state index is -0.0853. The smallest absolute Gasteiger partial charge is 0.126 e. The molecule has 0 radical (unpaired) electrons. The molecule has 1 atom stereocenters. The van der Waals surface area contributed by atoms with Crippen LogP contribution in [-0.2, 0) is 0 Å². The highest BCUT2D eigenvalue weighted by Gasteiger charge is 2.24. The van der Waals surface area contributed by atoms with Gasteiger partial charge in [0.15, 0.2) is 0 Å². The van der Waals surface area contributed by atoms with Crippen molar-refractivity contribution in [1.82, 2.24) is 9.88 Å². The molecule has 4 heteroatoms. The molecule has 1 aliphatic heterocycles. The molecule has 0 aromatic carbocycles. The summed E-state index contributed by atoms with van der Waals surface area (Å²) in [5.74, 6) is 1.55. The highest BCUT2D eigenvalue weighted by atomic mass is 16.3. The second kappa shape index (κ2) is 8.82. The maximum absolute atomic E-state index is 10.4. The van der Waals surface area contributed by atoms with E-state index in [-0.39, 0.29) is 6.10 Å². The van der Waals surface area contributed by atoms with Crippen LogP contribution in [0.3, 0.4) is 0 Å². The lowest BCUT2D eigenvalue weighted by Crippen LogP contribution is -2.40. The molecule has 1 aromatic rings. The number of aryl methyl sites for hydroxylation is 1. The number of likely N-dealkylation sites (tertiary alicyclic amines) is 1. The van der Waals surface area contributed by atoms with Gasteiger partial charge in [-0.15, -0.1) is 0 Å². The monoisotopic (exact) mass is 331 g/mol. The molecule has 1 aromatic heterocycles. The average Bonchev–Trinajstić information content (AvgIpc) is 2.63. The van der Waals surface area contributed by atoms with Gasteiger partial charge < -0.3 is 15.3 Å². The second-order valence-corrected chi connectivity index (χ2v) is 7.74. The normalized spacial score (nSPS) is 22.4. The standard InChI is InChI=1S/C20H33N3O/c1-16-7-8-20(21-15-16)22-18-9-12-23(13-10-18)14-11-19(24)17-5-3-2-4-6-17/h7-8,15,17-19,24H,2-6,9-14H2,1H3,(H,21,22). The average molecular weight is 332 g/mol. The Morgan fingerprint density at radius 2 is 1.92 bits per heavy atom.